The molecular formula is C19H30N2O4. The predicted molar refractivity (Wildman–Crippen MR) is 98.6 cm³/mol. The van der Waals surface area contributed by atoms with Crippen LogP contribution < -0.4 is 19.7 Å². The highest BCUT2D eigenvalue weighted by atomic mass is 16.5. The Kier molecular flexibility index (Phi) is 8.01. The molecule has 1 fully saturated rings. The number of rotatable bonds is 9. The lowest BCUT2D eigenvalue weighted by Crippen LogP contribution is -2.35. The van der Waals surface area contributed by atoms with Gasteiger partial charge in [-0.1, -0.05) is 0 Å². The molecule has 1 amide bonds. The van der Waals surface area contributed by atoms with Gasteiger partial charge in [0.1, 0.15) is 0 Å². The van der Waals surface area contributed by atoms with Crippen LogP contribution in [0.4, 0.5) is 5.69 Å². The highest BCUT2D eigenvalue weighted by Crippen LogP contribution is 2.32. The third-order valence-electron chi connectivity index (χ3n) is 4.72. The minimum absolute atomic E-state index is 0.128. The van der Waals surface area contributed by atoms with Crippen molar-refractivity contribution in [2.45, 2.75) is 25.7 Å². The van der Waals surface area contributed by atoms with E-state index in [1.807, 2.05) is 18.2 Å². The monoisotopic (exact) mass is 350 g/mol. The third kappa shape index (κ3) is 5.61. The fraction of sp³-hybridized carbons (Fsp3) is 0.632. The first-order valence-corrected chi connectivity index (χ1v) is 8.91. The molecule has 0 bridgehead atoms. The smallest absolute Gasteiger partial charge is 0.227 e. The van der Waals surface area contributed by atoms with E-state index >= 15 is 0 Å². The van der Waals surface area contributed by atoms with E-state index in [1.54, 1.807) is 26.2 Å². The number of anilines is 1. The Morgan fingerprint density at radius 1 is 1.16 bits per heavy atom. The summed E-state index contributed by atoms with van der Waals surface area (Å²) in [7, 11) is 4.84. The number of hydrogen-bond acceptors (Lipinski definition) is 5. The summed E-state index contributed by atoms with van der Waals surface area (Å²) in [6.45, 7) is 3.13. The summed E-state index contributed by atoms with van der Waals surface area (Å²) in [5.41, 5.74) is 0.810. The van der Waals surface area contributed by atoms with E-state index in [0.717, 1.165) is 38.0 Å². The molecule has 25 heavy (non-hydrogen) atoms. The molecule has 1 aliphatic heterocycles. The minimum Gasteiger partial charge on any atom is -0.493 e. The van der Waals surface area contributed by atoms with Gasteiger partial charge in [-0.15, -0.1) is 0 Å². The van der Waals surface area contributed by atoms with Crippen LogP contribution >= 0.6 is 0 Å². The van der Waals surface area contributed by atoms with Crippen LogP contribution in [0.15, 0.2) is 18.2 Å². The summed E-state index contributed by atoms with van der Waals surface area (Å²) >= 11 is 0. The second-order valence-corrected chi connectivity index (χ2v) is 6.31. The van der Waals surface area contributed by atoms with Crippen molar-refractivity contribution in [3.05, 3.63) is 18.2 Å². The van der Waals surface area contributed by atoms with Gasteiger partial charge in [0.15, 0.2) is 11.5 Å². The number of carbonyl (C=O) groups excluding carboxylic acids is 1. The van der Waals surface area contributed by atoms with Gasteiger partial charge < -0.3 is 24.4 Å². The van der Waals surface area contributed by atoms with Gasteiger partial charge in [-0.3, -0.25) is 4.79 Å². The van der Waals surface area contributed by atoms with Gasteiger partial charge in [0, 0.05) is 31.8 Å². The van der Waals surface area contributed by atoms with E-state index in [4.69, 9.17) is 14.2 Å². The Morgan fingerprint density at radius 2 is 1.88 bits per heavy atom. The second kappa shape index (κ2) is 10.3. The Morgan fingerprint density at radius 3 is 2.52 bits per heavy atom. The van der Waals surface area contributed by atoms with E-state index in [0.29, 0.717) is 37.0 Å². The van der Waals surface area contributed by atoms with Crippen LogP contribution in [0, 0.1) is 5.92 Å². The molecule has 1 N–H and O–H groups in total. The van der Waals surface area contributed by atoms with Crippen LogP contribution in [0.25, 0.3) is 0 Å². The molecule has 0 saturated carbocycles. The Hall–Kier alpha value is -1.79. The van der Waals surface area contributed by atoms with Gasteiger partial charge in [0.2, 0.25) is 5.91 Å². The quantitative estimate of drug-likeness (QED) is 0.741. The van der Waals surface area contributed by atoms with Gasteiger partial charge in [-0.25, -0.2) is 0 Å². The summed E-state index contributed by atoms with van der Waals surface area (Å²) in [5.74, 6) is 2.04. The van der Waals surface area contributed by atoms with Crippen LogP contribution in [0.5, 0.6) is 11.5 Å². The predicted octanol–water partition coefficient (Wildman–Crippen LogP) is 2.46. The summed E-state index contributed by atoms with van der Waals surface area (Å²) in [6, 6.07) is 5.56. The molecule has 1 heterocycles. The third-order valence-corrected chi connectivity index (χ3v) is 4.72. The van der Waals surface area contributed by atoms with Crippen molar-refractivity contribution in [2.24, 2.45) is 5.92 Å². The standard InChI is InChI=1S/C19H30N2O4/c1-23-13-12-21(16-5-6-17(24-2)18(14-16)25-3)19(22)7-4-15-8-10-20-11-9-15/h5-6,14-15,20H,4,7-13H2,1-3H3. The first-order valence-electron chi connectivity index (χ1n) is 8.91. The average Bonchev–Trinajstić information content (AvgIpc) is 2.67. The topological polar surface area (TPSA) is 60.0 Å². The number of nitrogens with one attached hydrogen (secondary N) is 1. The molecule has 1 aromatic rings. The molecule has 0 aromatic heterocycles. The number of nitrogens with zero attached hydrogens (tertiary/aromatic N) is 1. The SMILES string of the molecule is COCCN(C(=O)CCC1CCNCC1)c1ccc(OC)c(OC)c1. The molecule has 0 radical (unpaired) electrons. The molecule has 1 saturated heterocycles. The Bertz CT molecular complexity index is 544. The van der Waals surface area contributed by atoms with E-state index in [2.05, 4.69) is 5.32 Å². The van der Waals surface area contributed by atoms with Crippen LogP contribution in [-0.4, -0.2) is 53.5 Å². The number of amides is 1. The average molecular weight is 350 g/mol. The van der Waals surface area contributed by atoms with Gasteiger partial charge in [-0.2, -0.15) is 0 Å². The molecule has 6 nitrogen and oxygen atoms in total. The largest absolute Gasteiger partial charge is 0.493 e. The maximum atomic E-state index is 12.8. The molecule has 2 rings (SSSR count). The van der Waals surface area contributed by atoms with Crippen molar-refractivity contribution in [3.63, 3.8) is 0 Å². The molecular weight excluding hydrogens is 320 g/mol. The highest BCUT2D eigenvalue weighted by Gasteiger charge is 2.20. The summed E-state index contributed by atoms with van der Waals surface area (Å²) in [4.78, 5) is 14.6. The lowest BCUT2D eigenvalue weighted by atomic mass is 9.93. The first kappa shape index (κ1) is 19.5. The van der Waals surface area contributed by atoms with Crippen molar-refractivity contribution in [3.8, 4) is 11.5 Å². The Balaban J connectivity index is 2.07. The molecule has 1 aromatic carbocycles. The molecule has 1 aliphatic rings. The zero-order valence-electron chi connectivity index (χ0n) is 15.5. The van der Waals surface area contributed by atoms with Gasteiger partial charge in [0.25, 0.3) is 0 Å². The molecule has 0 atom stereocenters. The van der Waals surface area contributed by atoms with Crippen molar-refractivity contribution in [2.75, 3.05) is 52.5 Å². The number of ether oxygens (including phenoxy) is 3. The number of hydrogen-bond donors (Lipinski definition) is 1. The van der Waals surface area contributed by atoms with E-state index < -0.39 is 0 Å². The lowest BCUT2D eigenvalue weighted by Gasteiger charge is -2.26. The molecule has 0 spiro atoms. The van der Waals surface area contributed by atoms with E-state index in [1.165, 1.54) is 0 Å². The summed E-state index contributed by atoms with van der Waals surface area (Å²) in [5, 5.41) is 3.36. The van der Waals surface area contributed by atoms with Crippen LogP contribution in [0.1, 0.15) is 25.7 Å². The molecule has 0 aliphatic carbocycles. The first-order chi connectivity index (χ1) is 12.2. The van der Waals surface area contributed by atoms with Crippen LogP contribution in [0.3, 0.4) is 0 Å². The highest BCUT2D eigenvalue weighted by molar-refractivity contribution is 5.93. The number of methoxy groups -OCH3 is 3. The fourth-order valence-electron chi connectivity index (χ4n) is 3.21. The number of benzene rings is 1. The van der Waals surface area contributed by atoms with Gasteiger partial charge in [0.05, 0.1) is 20.8 Å². The number of carbonyl (C=O) groups is 1. The van der Waals surface area contributed by atoms with Crippen LogP contribution in [0.2, 0.25) is 0 Å². The lowest BCUT2D eigenvalue weighted by molar-refractivity contribution is -0.119. The van der Waals surface area contributed by atoms with Crippen molar-refractivity contribution in [1.82, 2.24) is 5.32 Å². The number of piperidine rings is 1. The van der Waals surface area contributed by atoms with E-state index in [-0.39, 0.29) is 5.91 Å². The van der Waals surface area contributed by atoms with Gasteiger partial charge in [-0.05, 0) is 50.4 Å². The van der Waals surface area contributed by atoms with Gasteiger partial charge >= 0.3 is 0 Å². The zero-order chi connectivity index (χ0) is 18.1. The second-order valence-electron chi connectivity index (χ2n) is 6.31. The minimum atomic E-state index is 0.128. The normalized spacial score (nSPS) is 15.0. The Labute approximate surface area is 150 Å². The van der Waals surface area contributed by atoms with Crippen molar-refractivity contribution >= 4 is 11.6 Å². The van der Waals surface area contributed by atoms with E-state index in [9.17, 15) is 4.79 Å². The summed E-state index contributed by atoms with van der Waals surface area (Å²) < 4.78 is 15.8. The van der Waals surface area contributed by atoms with Crippen molar-refractivity contribution < 1.29 is 19.0 Å². The maximum Gasteiger partial charge on any atom is 0.227 e. The summed E-state index contributed by atoms with van der Waals surface area (Å²) in [6.07, 6.45) is 3.81. The molecule has 140 valence electrons. The molecule has 6 heteroatoms. The maximum absolute atomic E-state index is 12.8. The fourth-order valence-corrected chi connectivity index (χ4v) is 3.21. The zero-order valence-corrected chi connectivity index (χ0v) is 15.5. The van der Waals surface area contributed by atoms with Crippen molar-refractivity contribution in [1.29, 1.82) is 0 Å². The molecule has 0 unspecified atom stereocenters. The van der Waals surface area contributed by atoms with Crippen LogP contribution in [-0.2, 0) is 9.53 Å².